The quantitative estimate of drug-likeness (QED) is 0.329. The summed E-state index contributed by atoms with van der Waals surface area (Å²) in [5, 5.41) is 0. The van der Waals surface area contributed by atoms with Crippen LogP contribution in [0.5, 0.6) is 0 Å². The molecule has 1 N–H and O–H groups in total. The molecule has 0 atom stereocenters. The Morgan fingerprint density at radius 2 is 1.62 bits per heavy atom. The number of hydrogen-bond donors (Lipinski definition) is 1. The zero-order valence-electron chi connectivity index (χ0n) is 3.88. The van der Waals surface area contributed by atoms with Crippen LogP contribution in [0.4, 0.5) is 0 Å². The summed E-state index contributed by atoms with van der Waals surface area (Å²) >= 11 is 2.39. The molecule has 2 amide bonds. The average molecular weight is 176 g/mol. The molecule has 0 saturated heterocycles. The Kier molecular flexibility index (Phi) is 1.29. The number of rotatable bonds is 0. The number of hydrogen-bond acceptors (Lipinski definition) is 2. The van der Waals surface area contributed by atoms with Crippen LogP contribution in [0, 0.1) is 0 Å². The van der Waals surface area contributed by atoms with Gasteiger partial charge in [0.25, 0.3) is 0 Å². The van der Waals surface area contributed by atoms with E-state index in [2.05, 4.69) is 16.2 Å². The second-order valence-corrected chi connectivity index (χ2v) is 2.25. The molecule has 0 aliphatic carbocycles. The molecule has 1 heterocycles. The van der Waals surface area contributed by atoms with Gasteiger partial charge in [-0.15, -0.1) is 0 Å². The molecule has 1 rings (SSSR count). The number of quaternary nitrogens is 1. The van der Waals surface area contributed by atoms with Crippen LogP contribution >= 0.6 is 0 Å². The second kappa shape index (κ2) is 1.82. The van der Waals surface area contributed by atoms with Crippen LogP contribution in [0.25, 0.3) is 0 Å². The van der Waals surface area contributed by atoms with Crippen LogP contribution in [-0.2, 0) is 9.59 Å². The molecule has 1 aliphatic rings. The monoisotopic (exact) mass is 177 g/mol. The summed E-state index contributed by atoms with van der Waals surface area (Å²) in [5.41, 5.74) is 0. The van der Waals surface area contributed by atoms with Gasteiger partial charge in [-0.1, -0.05) is 0 Å². The van der Waals surface area contributed by atoms with Crippen molar-refractivity contribution in [2.75, 3.05) is 0 Å². The van der Waals surface area contributed by atoms with Crippen molar-refractivity contribution in [3.05, 3.63) is 12.2 Å². The summed E-state index contributed by atoms with van der Waals surface area (Å²) in [6.07, 6.45) is 2.52. The Morgan fingerprint density at radius 3 is 1.75 bits per heavy atom. The van der Waals surface area contributed by atoms with Crippen molar-refractivity contribution < 1.29 is 13.5 Å². The summed E-state index contributed by atoms with van der Waals surface area (Å²) in [6.45, 7) is 0. The molecule has 0 spiro atoms. The minimum absolute atomic E-state index is 0.199. The zero-order chi connectivity index (χ0) is 6.15. The maximum atomic E-state index is 10.4. The normalized spacial score (nSPS) is 20.6. The van der Waals surface area contributed by atoms with E-state index < -0.39 is 0 Å². The number of carbonyl (C=O) groups is 2. The van der Waals surface area contributed by atoms with Gasteiger partial charge in [0.2, 0.25) is 0 Å². The topological polar surface area (TPSA) is 38.6 Å². The maximum absolute atomic E-state index is 10.4. The van der Waals surface area contributed by atoms with E-state index in [0.717, 1.165) is 0 Å². The molecule has 0 aromatic carbocycles. The number of amides is 2. The van der Waals surface area contributed by atoms with Crippen molar-refractivity contribution in [3.63, 3.8) is 0 Å². The summed E-state index contributed by atoms with van der Waals surface area (Å²) in [5.74, 6) is -0.426. The molecule has 0 bridgehead atoms. The minimum atomic E-state index is -0.213. The van der Waals surface area contributed by atoms with E-state index in [1.54, 1.807) is 0 Å². The van der Waals surface area contributed by atoms with Gasteiger partial charge in [0.05, 0.1) is 0 Å². The van der Waals surface area contributed by atoms with Gasteiger partial charge in [0.15, 0.2) is 0 Å². The Bertz CT molecular complexity index is 157. The van der Waals surface area contributed by atoms with Crippen LogP contribution in [0.2, 0.25) is 0 Å². The fraction of sp³-hybridized carbons (Fsp3) is 0. The molecule has 8 heavy (non-hydrogen) atoms. The Balaban J connectivity index is 2.84. The molecule has 3 nitrogen and oxygen atoms in total. The van der Waals surface area contributed by atoms with Gasteiger partial charge in [-0.3, -0.25) is 0 Å². The summed E-state index contributed by atoms with van der Waals surface area (Å²) in [7, 11) is 0. The van der Waals surface area contributed by atoms with Crippen LogP contribution in [0.3, 0.4) is 0 Å². The number of imide groups is 1. The fourth-order valence-corrected chi connectivity index (χ4v) is 0.710. The van der Waals surface area contributed by atoms with Crippen molar-refractivity contribution in [2.24, 2.45) is 0 Å². The first-order chi connectivity index (χ1) is 3.72. The van der Waals surface area contributed by atoms with Crippen LogP contribution in [0.1, 0.15) is 0 Å². The van der Waals surface area contributed by atoms with E-state index in [1.807, 2.05) is 0 Å². The SMILES string of the molecule is O=C1C=CC(=O)[NH+]1[Se-]. The van der Waals surface area contributed by atoms with Crippen LogP contribution < -0.4 is 3.92 Å². The predicted octanol–water partition coefficient (Wildman–Crippen LogP) is -2.42. The molecule has 0 aromatic rings. The van der Waals surface area contributed by atoms with E-state index in [-0.39, 0.29) is 15.7 Å². The first-order valence-electron chi connectivity index (χ1n) is 2.02. The van der Waals surface area contributed by atoms with Crippen LogP contribution in [-0.4, -0.2) is 28.0 Å². The zero-order valence-corrected chi connectivity index (χ0v) is 5.59. The Morgan fingerprint density at radius 1 is 1.25 bits per heavy atom. The molecule has 0 unspecified atom stereocenters. The third-order valence-electron chi connectivity index (χ3n) is 0.834. The van der Waals surface area contributed by atoms with Gasteiger partial charge >= 0.3 is 53.7 Å². The van der Waals surface area contributed by atoms with Gasteiger partial charge in [-0.2, -0.15) is 0 Å². The standard InChI is InChI=1S/C4H3NO2Se/c6-3-1-2-4(7)5(3)8/h1-2,5H. The van der Waals surface area contributed by atoms with E-state index in [9.17, 15) is 9.59 Å². The summed E-state index contributed by atoms with van der Waals surface area (Å²) < 4.78 is 0.199. The van der Waals surface area contributed by atoms with Gasteiger partial charge in [0, 0.05) is 0 Å². The molecule has 4 heteroatoms. The van der Waals surface area contributed by atoms with Crippen molar-refractivity contribution in [1.82, 2.24) is 0 Å². The first-order valence-corrected chi connectivity index (χ1v) is 2.88. The molecule has 0 radical (unpaired) electrons. The third-order valence-corrected chi connectivity index (χ3v) is 1.68. The van der Waals surface area contributed by atoms with E-state index in [4.69, 9.17) is 0 Å². The summed E-state index contributed by atoms with van der Waals surface area (Å²) in [4.78, 5) is 20.8. The van der Waals surface area contributed by atoms with Crippen molar-refractivity contribution >= 4 is 28.0 Å². The molecule has 42 valence electrons. The van der Waals surface area contributed by atoms with E-state index in [1.165, 1.54) is 12.2 Å². The van der Waals surface area contributed by atoms with Gasteiger partial charge in [-0.25, -0.2) is 0 Å². The van der Waals surface area contributed by atoms with Crippen molar-refractivity contribution in [1.29, 1.82) is 0 Å². The third kappa shape index (κ3) is 0.733. The second-order valence-electron chi connectivity index (χ2n) is 1.39. The van der Waals surface area contributed by atoms with Crippen molar-refractivity contribution in [3.8, 4) is 0 Å². The Labute approximate surface area is 54.4 Å². The number of carbonyl (C=O) groups excluding carboxylic acids is 2. The molecule has 1 aliphatic heterocycles. The molecule has 0 fully saturated rings. The molecule has 0 saturated carbocycles. The Hall–Kier alpha value is -0.441. The molecular formula is C4H3NO2Se. The number of nitrogens with one attached hydrogen (secondary N) is 1. The average Bonchev–Trinajstić information content (AvgIpc) is 1.98. The van der Waals surface area contributed by atoms with Gasteiger partial charge < -0.3 is 0 Å². The first kappa shape index (κ1) is 5.69. The predicted molar refractivity (Wildman–Crippen MR) is 25.9 cm³/mol. The fourth-order valence-electron chi connectivity index (χ4n) is 0.424. The molecular weight excluding hydrogens is 173 g/mol. The van der Waals surface area contributed by atoms with Crippen LogP contribution in [0.15, 0.2) is 12.2 Å². The van der Waals surface area contributed by atoms with Gasteiger partial charge in [-0.05, 0) is 0 Å². The summed E-state index contributed by atoms with van der Waals surface area (Å²) in [6, 6.07) is 0. The van der Waals surface area contributed by atoms with Crippen molar-refractivity contribution in [2.45, 2.75) is 0 Å². The van der Waals surface area contributed by atoms with Gasteiger partial charge in [0.1, 0.15) is 0 Å². The molecule has 0 aromatic heterocycles. The van der Waals surface area contributed by atoms with E-state index >= 15 is 0 Å². The van der Waals surface area contributed by atoms with E-state index in [0.29, 0.717) is 0 Å².